The van der Waals surface area contributed by atoms with Gasteiger partial charge >= 0.3 is 0 Å². The molecule has 0 bridgehead atoms. The number of rotatable bonds is 9. The topological polar surface area (TPSA) is 64.4 Å². The average Bonchev–Trinajstić information content (AvgIpc) is 3.05. The maximum absolute atomic E-state index is 12.4. The molecule has 0 radical (unpaired) electrons. The summed E-state index contributed by atoms with van der Waals surface area (Å²) in [5.41, 5.74) is 4.31. The number of aryl methyl sites for hydroxylation is 2. The number of carbonyl (C=O) groups excluding carboxylic acids is 1. The summed E-state index contributed by atoms with van der Waals surface area (Å²) >= 11 is 0. The van der Waals surface area contributed by atoms with Crippen LogP contribution in [0.15, 0.2) is 40.9 Å². The molecule has 0 atom stereocenters. The first-order valence-electron chi connectivity index (χ1n) is 9.95. The van der Waals surface area contributed by atoms with E-state index in [9.17, 15) is 4.79 Å². The predicted molar refractivity (Wildman–Crippen MR) is 112 cm³/mol. The Balaban J connectivity index is 1.55. The number of benzene rings is 2. The zero-order valence-electron chi connectivity index (χ0n) is 16.9. The lowest BCUT2D eigenvalue weighted by Gasteiger charge is -2.08. The minimum Gasteiger partial charge on any atom is -0.494 e. The van der Waals surface area contributed by atoms with Gasteiger partial charge in [-0.1, -0.05) is 37.4 Å². The minimum absolute atomic E-state index is 0.122. The standard InChI is InChI=1S/C23H28N2O3/c1-4-5-6-7-12-27-19-10-8-18(9-11-19)24-22(26)15-20-23-17(3)13-16(2)14-21(23)28-25-20/h8-11,13-14H,4-7,12,15H2,1-3H3,(H,24,26). The largest absolute Gasteiger partial charge is 0.494 e. The van der Waals surface area contributed by atoms with Crippen molar-refractivity contribution in [3.05, 3.63) is 53.2 Å². The molecule has 0 aliphatic rings. The van der Waals surface area contributed by atoms with Gasteiger partial charge in [0.15, 0.2) is 5.58 Å². The molecule has 1 aromatic heterocycles. The second-order valence-electron chi connectivity index (χ2n) is 7.24. The molecule has 0 aliphatic carbocycles. The lowest BCUT2D eigenvalue weighted by atomic mass is 10.0. The van der Waals surface area contributed by atoms with Crippen LogP contribution in [-0.2, 0) is 11.2 Å². The van der Waals surface area contributed by atoms with Crippen LogP contribution < -0.4 is 10.1 Å². The van der Waals surface area contributed by atoms with Gasteiger partial charge in [-0.05, 0) is 61.7 Å². The summed E-state index contributed by atoms with van der Waals surface area (Å²) in [6.07, 6.45) is 4.90. The quantitative estimate of drug-likeness (QED) is 0.492. The Morgan fingerprint density at radius 2 is 1.89 bits per heavy atom. The van der Waals surface area contributed by atoms with Gasteiger partial charge in [-0.15, -0.1) is 0 Å². The Morgan fingerprint density at radius 1 is 1.11 bits per heavy atom. The Hall–Kier alpha value is -2.82. The van der Waals surface area contributed by atoms with Crippen LogP contribution in [0.1, 0.15) is 49.4 Å². The van der Waals surface area contributed by atoms with Crippen LogP contribution in [0.5, 0.6) is 5.75 Å². The molecule has 5 heteroatoms. The van der Waals surface area contributed by atoms with Crippen molar-refractivity contribution in [2.45, 2.75) is 52.9 Å². The molecule has 2 aromatic carbocycles. The van der Waals surface area contributed by atoms with Crippen molar-refractivity contribution in [1.82, 2.24) is 5.16 Å². The molecule has 3 rings (SSSR count). The highest BCUT2D eigenvalue weighted by Crippen LogP contribution is 2.25. The van der Waals surface area contributed by atoms with Crippen LogP contribution in [0.25, 0.3) is 11.0 Å². The van der Waals surface area contributed by atoms with E-state index >= 15 is 0 Å². The number of nitrogens with zero attached hydrogens (tertiary/aromatic N) is 1. The molecule has 0 unspecified atom stereocenters. The van der Waals surface area contributed by atoms with Gasteiger partial charge in [-0.25, -0.2) is 0 Å². The number of aromatic nitrogens is 1. The number of unbranched alkanes of at least 4 members (excludes halogenated alkanes) is 3. The summed E-state index contributed by atoms with van der Waals surface area (Å²) < 4.78 is 11.1. The van der Waals surface area contributed by atoms with E-state index in [-0.39, 0.29) is 12.3 Å². The van der Waals surface area contributed by atoms with Crippen LogP contribution >= 0.6 is 0 Å². The van der Waals surface area contributed by atoms with E-state index in [1.807, 2.05) is 44.2 Å². The SMILES string of the molecule is CCCCCCOc1ccc(NC(=O)Cc2noc3cc(C)cc(C)c23)cc1. The van der Waals surface area contributed by atoms with E-state index in [1.54, 1.807) is 0 Å². The highest BCUT2D eigenvalue weighted by Gasteiger charge is 2.15. The van der Waals surface area contributed by atoms with E-state index in [1.165, 1.54) is 19.3 Å². The maximum Gasteiger partial charge on any atom is 0.230 e. The van der Waals surface area contributed by atoms with Gasteiger partial charge in [0.25, 0.3) is 0 Å². The highest BCUT2D eigenvalue weighted by atomic mass is 16.5. The fraction of sp³-hybridized carbons (Fsp3) is 0.391. The monoisotopic (exact) mass is 380 g/mol. The van der Waals surface area contributed by atoms with Crippen LogP contribution in [0.2, 0.25) is 0 Å². The average molecular weight is 380 g/mol. The van der Waals surface area contributed by atoms with Crippen molar-refractivity contribution in [1.29, 1.82) is 0 Å². The van der Waals surface area contributed by atoms with Crippen molar-refractivity contribution in [3.63, 3.8) is 0 Å². The first kappa shape index (κ1) is 19.9. The molecule has 0 saturated carbocycles. The van der Waals surface area contributed by atoms with Gasteiger partial charge in [0.2, 0.25) is 5.91 Å². The number of hydrogen-bond donors (Lipinski definition) is 1. The van der Waals surface area contributed by atoms with Crippen molar-refractivity contribution in [2.75, 3.05) is 11.9 Å². The second kappa shape index (κ2) is 9.40. The number of fused-ring (bicyclic) bond motifs is 1. The Labute approximate surface area is 166 Å². The van der Waals surface area contributed by atoms with Crippen molar-refractivity contribution in [2.24, 2.45) is 0 Å². The summed E-state index contributed by atoms with van der Waals surface area (Å²) in [6, 6.07) is 11.5. The lowest BCUT2D eigenvalue weighted by molar-refractivity contribution is -0.115. The molecule has 1 heterocycles. The molecular formula is C23H28N2O3. The number of anilines is 1. The van der Waals surface area contributed by atoms with Gasteiger partial charge in [0.05, 0.1) is 13.0 Å². The first-order valence-corrected chi connectivity index (χ1v) is 9.95. The van der Waals surface area contributed by atoms with Crippen LogP contribution in [0, 0.1) is 13.8 Å². The summed E-state index contributed by atoms with van der Waals surface area (Å²) in [6.45, 7) is 6.94. The van der Waals surface area contributed by atoms with Crippen molar-refractivity contribution < 1.29 is 14.1 Å². The van der Waals surface area contributed by atoms with E-state index in [0.29, 0.717) is 5.69 Å². The third kappa shape index (κ3) is 5.12. The van der Waals surface area contributed by atoms with Gasteiger partial charge < -0.3 is 14.6 Å². The zero-order valence-corrected chi connectivity index (χ0v) is 16.9. The van der Waals surface area contributed by atoms with Crippen LogP contribution in [0.4, 0.5) is 5.69 Å². The summed E-state index contributed by atoms with van der Waals surface area (Å²) in [4.78, 5) is 12.4. The number of amides is 1. The molecule has 0 aliphatic heterocycles. The second-order valence-corrected chi connectivity index (χ2v) is 7.24. The third-order valence-corrected chi connectivity index (χ3v) is 4.72. The van der Waals surface area contributed by atoms with E-state index < -0.39 is 0 Å². The Morgan fingerprint density at radius 3 is 2.64 bits per heavy atom. The van der Waals surface area contributed by atoms with Gasteiger partial charge in [-0.2, -0.15) is 0 Å². The summed E-state index contributed by atoms with van der Waals surface area (Å²) in [5, 5.41) is 7.93. The number of nitrogens with one attached hydrogen (secondary N) is 1. The lowest BCUT2D eigenvalue weighted by Crippen LogP contribution is -2.14. The molecular weight excluding hydrogens is 352 g/mol. The fourth-order valence-corrected chi connectivity index (χ4v) is 3.35. The van der Waals surface area contributed by atoms with E-state index in [4.69, 9.17) is 9.26 Å². The van der Waals surface area contributed by atoms with E-state index in [0.717, 1.165) is 46.6 Å². The molecule has 5 nitrogen and oxygen atoms in total. The smallest absolute Gasteiger partial charge is 0.230 e. The van der Waals surface area contributed by atoms with Gasteiger partial charge in [0, 0.05) is 11.1 Å². The fourth-order valence-electron chi connectivity index (χ4n) is 3.35. The molecule has 0 fully saturated rings. The Kier molecular flexibility index (Phi) is 6.69. The first-order chi connectivity index (χ1) is 13.6. The van der Waals surface area contributed by atoms with Gasteiger partial charge in [-0.3, -0.25) is 4.79 Å². The van der Waals surface area contributed by atoms with Crippen LogP contribution in [0.3, 0.4) is 0 Å². The van der Waals surface area contributed by atoms with Crippen LogP contribution in [-0.4, -0.2) is 17.7 Å². The molecule has 28 heavy (non-hydrogen) atoms. The number of hydrogen-bond acceptors (Lipinski definition) is 4. The molecule has 1 N–H and O–H groups in total. The van der Waals surface area contributed by atoms with E-state index in [2.05, 4.69) is 23.5 Å². The molecule has 0 spiro atoms. The van der Waals surface area contributed by atoms with Crippen molar-refractivity contribution >= 4 is 22.6 Å². The third-order valence-electron chi connectivity index (χ3n) is 4.72. The van der Waals surface area contributed by atoms with Gasteiger partial charge in [0.1, 0.15) is 11.4 Å². The molecule has 3 aromatic rings. The minimum atomic E-state index is -0.122. The zero-order chi connectivity index (χ0) is 19.9. The molecule has 1 amide bonds. The molecule has 148 valence electrons. The molecule has 0 saturated heterocycles. The Bertz CT molecular complexity index is 929. The number of ether oxygens (including phenoxy) is 1. The maximum atomic E-state index is 12.4. The predicted octanol–water partition coefficient (Wildman–Crippen LogP) is 5.58. The summed E-state index contributed by atoms with van der Waals surface area (Å²) in [7, 11) is 0. The highest BCUT2D eigenvalue weighted by molar-refractivity contribution is 5.95. The number of carbonyl (C=O) groups is 1. The normalized spacial score (nSPS) is 11.0. The van der Waals surface area contributed by atoms with Crippen molar-refractivity contribution in [3.8, 4) is 5.75 Å². The summed E-state index contributed by atoms with van der Waals surface area (Å²) in [5.74, 6) is 0.700.